The maximum atomic E-state index is 12.1. The number of benzene rings is 1. The van der Waals surface area contributed by atoms with Crippen molar-refractivity contribution in [3.63, 3.8) is 0 Å². The molecule has 0 fully saturated rings. The first kappa shape index (κ1) is 17.0. The quantitative estimate of drug-likeness (QED) is 0.805. The maximum Gasteiger partial charge on any atom is 0.335 e. The summed E-state index contributed by atoms with van der Waals surface area (Å²) >= 11 is 1.67. The summed E-state index contributed by atoms with van der Waals surface area (Å²) in [6, 6.07) is 4.11. The summed E-state index contributed by atoms with van der Waals surface area (Å²) in [5.41, 5.74) is 0.540. The first-order valence-corrected chi connectivity index (χ1v) is 8.91. The molecular weight excluding hydrogens is 298 g/mol. The molecule has 1 rings (SSSR count). The molecule has 2 N–H and O–H groups in total. The van der Waals surface area contributed by atoms with Crippen LogP contribution in [-0.2, 0) is 10.0 Å². The first-order chi connectivity index (χ1) is 9.27. The summed E-state index contributed by atoms with van der Waals surface area (Å²) in [6.07, 6.45) is 2.69. The number of thioether (sulfide) groups is 1. The minimum Gasteiger partial charge on any atom is -0.478 e. The molecule has 1 aromatic carbocycles. The van der Waals surface area contributed by atoms with Crippen molar-refractivity contribution in [2.75, 3.05) is 12.8 Å². The Hall–Kier alpha value is -1.05. The predicted molar refractivity (Wildman–Crippen MR) is 80.9 cm³/mol. The van der Waals surface area contributed by atoms with E-state index in [1.807, 2.05) is 13.2 Å². The maximum absolute atomic E-state index is 12.1. The third-order valence-corrected chi connectivity index (χ3v) is 5.49. The number of sulfonamides is 1. The third-order valence-electron chi connectivity index (χ3n) is 3.00. The van der Waals surface area contributed by atoms with Crippen LogP contribution in [0.3, 0.4) is 0 Å². The number of carbonyl (C=O) groups is 1. The molecule has 0 aromatic heterocycles. The molecule has 0 aliphatic rings. The highest BCUT2D eigenvalue weighted by atomic mass is 32.2. The molecule has 1 aromatic rings. The summed E-state index contributed by atoms with van der Waals surface area (Å²) < 4.78 is 26.6. The number of aryl methyl sites for hydroxylation is 1. The molecule has 1 unspecified atom stereocenters. The Balaban J connectivity index is 2.88. The van der Waals surface area contributed by atoms with Gasteiger partial charge < -0.3 is 5.11 Å². The molecule has 0 saturated carbocycles. The Bertz CT molecular complexity index is 584. The van der Waals surface area contributed by atoms with E-state index in [9.17, 15) is 13.2 Å². The highest BCUT2D eigenvalue weighted by Crippen LogP contribution is 2.16. The lowest BCUT2D eigenvalue weighted by Gasteiger charge is -2.11. The van der Waals surface area contributed by atoms with Crippen molar-refractivity contribution in [2.24, 2.45) is 0 Å². The van der Waals surface area contributed by atoms with Gasteiger partial charge in [-0.3, -0.25) is 0 Å². The summed E-state index contributed by atoms with van der Waals surface area (Å²) in [4.78, 5) is 11.0. The Morgan fingerprint density at radius 3 is 2.65 bits per heavy atom. The SMILES string of the molecule is CSC(C)CCNS(=O)(=O)c1ccc(C)c(C(=O)O)c1. The molecule has 0 saturated heterocycles. The van der Waals surface area contributed by atoms with Crippen LogP contribution in [0.5, 0.6) is 0 Å². The summed E-state index contributed by atoms with van der Waals surface area (Å²) in [6.45, 7) is 3.99. The Morgan fingerprint density at radius 1 is 1.45 bits per heavy atom. The number of rotatable bonds is 7. The first-order valence-electron chi connectivity index (χ1n) is 6.14. The van der Waals surface area contributed by atoms with Gasteiger partial charge >= 0.3 is 5.97 Å². The van der Waals surface area contributed by atoms with Gasteiger partial charge in [0.15, 0.2) is 0 Å². The summed E-state index contributed by atoms with van der Waals surface area (Å²) in [7, 11) is -3.66. The van der Waals surface area contributed by atoms with Crippen molar-refractivity contribution in [3.05, 3.63) is 29.3 Å². The standard InChI is InChI=1S/C13H19NO4S2/c1-9-4-5-11(8-12(9)13(15)16)20(17,18)14-7-6-10(2)19-3/h4-5,8,10,14H,6-7H2,1-3H3,(H,15,16). The number of hydrogen-bond donors (Lipinski definition) is 2. The van der Waals surface area contributed by atoms with Gasteiger partial charge in [-0.1, -0.05) is 13.0 Å². The van der Waals surface area contributed by atoms with Gasteiger partial charge in [-0.05, 0) is 37.3 Å². The van der Waals surface area contributed by atoms with E-state index in [-0.39, 0.29) is 10.5 Å². The van der Waals surface area contributed by atoms with Gasteiger partial charge in [-0.2, -0.15) is 11.8 Å². The average Bonchev–Trinajstić information content (AvgIpc) is 2.38. The van der Waals surface area contributed by atoms with Gasteiger partial charge in [0, 0.05) is 11.8 Å². The van der Waals surface area contributed by atoms with Crippen LogP contribution in [0.25, 0.3) is 0 Å². The molecule has 5 nitrogen and oxygen atoms in total. The van der Waals surface area contributed by atoms with Crippen molar-refractivity contribution in [3.8, 4) is 0 Å². The third kappa shape index (κ3) is 4.50. The van der Waals surface area contributed by atoms with Crippen LogP contribution < -0.4 is 4.72 Å². The van der Waals surface area contributed by atoms with E-state index in [0.717, 1.165) is 6.42 Å². The lowest BCUT2D eigenvalue weighted by Crippen LogP contribution is -2.26. The Kier molecular flexibility index (Phi) is 6.04. The molecule has 0 spiro atoms. The van der Waals surface area contributed by atoms with Crippen LogP contribution in [0.15, 0.2) is 23.1 Å². The zero-order chi connectivity index (χ0) is 15.3. The molecule has 20 heavy (non-hydrogen) atoms. The molecule has 7 heteroatoms. The minimum atomic E-state index is -3.66. The zero-order valence-corrected chi connectivity index (χ0v) is 13.3. The lowest BCUT2D eigenvalue weighted by atomic mass is 10.1. The second-order valence-electron chi connectivity index (χ2n) is 4.51. The van der Waals surface area contributed by atoms with Crippen molar-refractivity contribution in [2.45, 2.75) is 30.4 Å². The predicted octanol–water partition coefficient (Wildman–Crippen LogP) is 2.11. The molecule has 0 aliphatic heterocycles. The molecular formula is C13H19NO4S2. The second kappa shape index (κ2) is 7.10. The van der Waals surface area contributed by atoms with Gasteiger partial charge in [-0.25, -0.2) is 17.9 Å². The van der Waals surface area contributed by atoms with E-state index < -0.39 is 16.0 Å². The second-order valence-corrected chi connectivity index (χ2v) is 7.56. The van der Waals surface area contributed by atoms with E-state index in [1.54, 1.807) is 18.7 Å². The lowest BCUT2D eigenvalue weighted by molar-refractivity contribution is 0.0696. The molecule has 0 bridgehead atoms. The van der Waals surface area contributed by atoms with Gasteiger partial charge in [0.2, 0.25) is 10.0 Å². The van der Waals surface area contributed by atoms with Gasteiger partial charge in [0.25, 0.3) is 0 Å². The number of carboxylic acids is 1. The number of aromatic carboxylic acids is 1. The topological polar surface area (TPSA) is 83.5 Å². The smallest absolute Gasteiger partial charge is 0.335 e. The van der Waals surface area contributed by atoms with Crippen LogP contribution in [0, 0.1) is 6.92 Å². The van der Waals surface area contributed by atoms with Gasteiger partial charge in [0.1, 0.15) is 0 Å². The fraction of sp³-hybridized carbons (Fsp3) is 0.462. The van der Waals surface area contributed by atoms with E-state index in [1.165, 1.54) is 18.2 Å². The minimum absolute atomic E-state index is 0.00496. The summed E-state index contributed by atoms with van der Waals surface area (Å²) in [5, 5.41) is 9.38. The van der Waals surface area contributed by atoms with Crippen LogP contribution >= 0.6 is 11.8 Å². The molecule has 0 radical (unpaired) electrons. The van der Waals surface area contributed by atoms with Crippen LogP contribution in [0.4, 0.5) is 0 Å². The fourth-order valence-electron chi connectivity index (χ4n) is 1.60. The van der Waals surface area contributed by atoms with Crippen LogP contribution in [0.1, 0.15) is 29.3 Å². The van der Waals surface area contributed by atoms with Crippen LogP contribution in [-0.4, -0.2) is 37.5 Å². The fourth-order valence-corrected chi connectivity index (χ4v) is 3.02. The Morgan fingerprint density at radius 2 is 2.10 bits per heavy atom. The van der Waals surface area contributed by atoms with E-state index in [4.69, 9.17) is 5.11 Å². The van der Waals surface area contributed by atoms with Crippen LogP contribution in [0.2, 0.25) is 0 Å². The van der Waals surface area contributed by atoms with Crippen molar-refractivity contribution < 1.29 is 18.3 Å². The molecule has 1 atom stereocenters. The van der Waals surface area contributed by atoms with Crippen molar-refractivity contribution in [1.82, 2.24) is 4.72 Å². The largest absolute Gasteiger partial charge is 0.478 e. The van der Waals surface area contributed by atoms with E-state index >= 15 is 0 Å². The Labute approximate surface area is 123 Å². The normalized spacial score (nSPS) is 13.2. The van der Waals surface area contributed by atoms with E-state index in [2.05, 4.69) is 4.72 Å². The number of carboxylic acid groups (broad SMARTS) is 1. The van der Waals surface area contributed by atoms with Gasteiger partial charge in [0.05, 0.1) is 10.5 Å². The number of nitrogens with one attached hydrogen (secondary N) is 1. The average molecular weight is 317 g/mol. The van der Waals surface area contributed by atoms with Gasteiger partial charge in [-0.15, -0.1) is 0 Å². The van der Waals surface area contributed by atoms with Crippen molar-refractivity contribution >= 4 is 27.8 Å². The molecule has 0 heterocycles. The highest BCUT2D eigenvalue weighted by molar-refractivity contribution is 7.99. The molecule has 0 aliphatic carbocycles. The summed E-state index contributed by atoms with van der Waals surface area (Å²) in [5.74, 6) is -1.13. The zero-order valence-electron chi connectivity index (χ0n) is 11.7. The number of hydrogen-bond acceptors (Lipinski definition) is 4. The molecule has 0 amide bonds. The highest BCUT2D eigenvalue weighted by Gasteiger charge is 2.17. The monoisotopic (exact) mass is 317 g/mol. The van der Waals surface area contributed by atoms with Crippen molar-refractivity contribution in [1.29, 1.82) is 0 Å². The molecule has 112 valence electrons. The van der Waals surface area contributed by atoms with E-state index in [0.29, 0.717) is 17.4 Å².